The van der Waals surface area contributed by atoms with Gasteiger partial charge >= 0.3 is 0 Å². The third kappa shape index (κ3) is 3.92. The number of carbonyl (C=O) groups is 1. The molecule has 2 atom stereocenters. The molecule has 34 heavy (non-hydrogen) atoms. The number of aromatic amines is 1. The minimum Gasteiger partial charge on any atom is -0.507 e. The second-order valence-electron chi connectivity index (χ2n) is 8.61. The van der Waals surface area contributed by atoms with E-state index < -0.39 is 21.9 Å². The standard InChI is InChI=1S/C24H24ClN3O5S/c1-2-10-33-17-6-3-14(4-7-17)23-20-21(18-12-15(25)5-8-19(18)29)26-27-22(20)24(30)28(23)16-9-11-34(31,32)13-16/h3-8,12,16,23,29H,2,9-11,13H2,1H3,(H,26,27). The summed E-state index contributed by atoms with van der Waals surface area (Å²) in [5, 5.41) is 18.1. The van der Waals surface area contributed by atoms with Crippen molar-refractivity contribution >= 4 is 27.3 Å². The SMILES string of the molecule is CCCOc1ccc(C2c3c(-c4cc(Cl)ccc4O)n[nH]c3C(=O)N2C2CCS(=O)(=O)C2)cc1. The fraction of sp³-hybridized carbons (Fsp3) is 0.333. The van der Waals surface area contributed by atoms with Gasteiger partial charge in [0.2, 0.25) is 0 Å². The van der Waals surface area contributed by atoms with Crippen LogP contribution in [0.25, 0.3) is 11.3 Å². The van der Waals surface area contributed by atoms with E-state index in [4.69, 9.17) is 16.3 Å². The molecule has 1 fully saturated rings. The lowest BCUT2D eigenvalue weighted by Crippen LogP contribution is -2.40. The molecule has 2 aromatic carbocycles. The number of fused-ring (bicyclic) bond motifs is 1. The minimum absolute atomic E-state index is 0.0184. The van der Waals surface area contributed by atoms with Crippen LogP contribution >= 0.6 is 11.6 Å². The molecule has 8 nitrogen and oxygen atoms in total. The zero-order valence-electron chi connectivity index (χ0n) is 18.5. The largest absolute Gasteiger partial charge is 0.507 e. The van der Waals surface area contributed by atoms with Gasteiger partial charge < -0.3 is 14.7 Å². The summed E-state index contributed by atoms with van der Waals surface area (Å²) in [5.41, 5.74) is 2.48. The number of aromatic nitrogens is 2. The molecule has 1 saturated heterocycles. The van der Waals surface area contributed by atoms with Gasteiger partial charge in [0.05, 0.1) is 24.2 Å². The Labute approximate surface area is 202 Å². The smallest absolute Gasteiger partial charge is 0.273 e. The maximum absolute atomic E-state index is 13.5. The highest BCUT2D eigenvalue weighted by Gasteiger charge is 2.48. The molecule has 0 spiro atoms. The molecule has 1 amide bonds. The monoisotopic (exact) mass is 501 g/mol. The summed E-state index contributed by atoms with van der Waals surface area (Å²) >= 11 is 6.18. The van der Waals surface area contributed by atoms with E-state index in [2.05, 4.69) is 10.2 Å². The third-order valence-corrected chi connectivity index (χ3v) is 8.27. The number of ether oxygens (including phenoxy) is 1. The van der Waals surface area contributed by atoms with Crippen LogP contribution in [0.1, 0.15) is 47.4 Å². The topological polar surface area (TPSA) is 113 Å². The first-order chi connectivity index (χ1) is 16.3. The van der Waals surface area contributed by atoms with Gasteiger partial charge in [-0.2, -0.15) is 5.10 Å². The molecule has 1 aromatic heterocycles. The summed E-state index contributed by atoms with van der Waals surface area (Å²) in [5.74, 6) is 0.350. The molecular weight excluding hydrogens is 478 g/mol. The predicted molar refractivity (Wildman–Crippen MR) is 128 cm³/mol. The summed E-state index contributed by atoms with van der Waals surface area (Å²) in [6, 6.07) is 11.0. The quantitative estimate of drug-likeness (QED) is 0.528. The molecule has 0 saturated carbocycles. The van der Waals surface area contributed by atoms with Gasteiger partial charge in [0.25, 0.3) is 5.91 Å². The van der Waals surface area contributed by atoms with Crippen molar-refractivity contribution in [1.82, 2.24) is 15.1 Å². The van der Waals surface area contributed by atoms with Crippen molar-refractivity contribution in [2.75, 3.05) is 18.1 Å². The summed E-state index contributed by atoms with van der Waals surface area (Å²) < 4.78 is 30.2. The molecule has 5 rings (SSSR count). The van der Waals surface area contributed by atoms with Crippen molar-refractivity contribution in [1.29, 1.82) is 0 Å². The Balaban J connectivity index is 1.64. The van der Waals surface area contributed by atoms with Crippen molar-refractivity contribution in [3.63, 3.8) is 0 Å². The van der Waals surface area contributed by atoms with E-state index in [1.165, 1.54) is 6.07 Å². The van der Waals surface area contributed by atoms with Gasteiger partial charge in [0, 0.05) is 22.2 Å². The Bertz CT molecular complexity index is 1350. The second-order valence-corrected chi connectivity index (χ2v) is 11.3. The second kappa shape index (κ2) is 8.63. The van der Waals surface area contributed by atoms with Crippen molar-refractivity contribution in [2.24, 2.45) is 0 Å². The number of H-pyrrole nitrogens is 1. The van der Waals surface area contributed by atoms with E-state index in [9.17, 15) is 18.3 Å². The molecule has 2 aliphatic rings. The third-order valence-electron chi connectivity index (χ3n) is 6.29. The molecule has 2 N–H and O–H groups in total. The lowest BCUT2D eigenvalue weighted by molar-refractivity contribution is 0.0677. The molecule has 0 bridgehead atoms. The molecule has 0 aliphatic carbocycles. The van der Waals surface area contributed by atoms with Gasteiger partial charge in [-0.15, -0.1) is 0 Å². The number of hydrogen-bond donors (Lipinski definition) is 2. The van der Waals surface area contributed by atoms with Crippen LogP contribution in [0.15, 0.2) is 42.5 Å². The average molecular weight is 502 g/mol. The highest BCUT2D eigenvalue weighted by atomic mass is 35.5. The number of amides is 1. The number of phenolic OH excluding ortho intramolecular Hbond substituents is 1. The number of rotatable bonds is 6. The van der Waals surface area contributed by atoms with E-state index in [0.717, 1.165) is 12.0 Å². The average Bonchev–Trinajstić information content (AvgIpc) is 3.47. The van der Waals surface area contributed by atoms with Crippen LogP contribution < -0.4 is 4.74 Å². The first-order valence-electron chi connectivity index (χ1n) is 11.1. The predicted octanol–water partition coefficient (Wildman–Crippen LogP) is 3.96. The Morgan fingerprint density at radius 2 is 2.00 bits per heavy atom. The fourth-order valence-corrected chi connectivity index (χ4v) is 6.62. The van der Waals surface area contributed by atoms with E-state index in [1.807, 2.05) is 31.2 Å². The van der Waals surface area contributed by atoms with Gasteiger partial charge in [-0.3, -0.25) is 9.89 Å². The molecule has 3 heterocycles. The number of halogens is 1. The first kappa shape index (κ1) is 22.7. The molecule has 10 heteroatoms. The first-order valence-corrected chi connectivity index (χ1v) is 13.3. The summed E-state index contributed by atoms with van der Waals surface area (Å²) in [7, 11) is -3.22. The van der Waals surface area contributed by atoms with Crippen LogP contribution in [0, 0.1) is 0 Å². The van der Waals surface area contributed by atoms with E-state index in [1.54, 1.807) is 17.0 Å². The fourth-order valence-electron chi connectivity index (χ4n) is 4.73. The Morgan fingerprint density at radius 1 is 1.24 bits per heavy atom. The van der Waals surface area contributed by atoms with Gasteiger partial charge in [-0.1, -0.05) is 30.7 Å². The number of hydrogen-bond acceptors (Lipinski definition) is 6. The number of nitrogens with zero attached hydrogens (tertiary/aromatic N) is 2. The number of phenols is 1. The maximum Gasteiger partial charge on any atom is 0.273 e. The highest BCUT2D eigenvalue weighted by Crippen LogP contribution is 2.47. The molecular formula is C24H24ClN3O5S. The van der Waals surface area contributed by atoms with Crippen molar-refractivity contribution in [3.8, 4) is 22.8 Å². The van der Waals surface area contributed by atoms with Gasteiger partial charge in [-0.25, -0.2) is 8.42 Å². The Kier molecular flexibility index (Phi) is 5.77. The van der Waals surface area contributed by atoms with Crippen molar-refractivity contribution in [2.45, 2.75) is 31.8 Å². The molecule has 2 unspecified atom stereocenters. The van der Waals surface area contributed by atoms with Crippen LogP contribution in [-0.4, -0.2) is 58.7 Å². The minimum atomic E-state index is -3.22. The lowest BCUT2D eigenvalue weighted by atomic mass is 9.95. The Morgan fingerprint density at radius 3 is 2.68 bits per heavy atom. The van der Waals surface area contributed by atoms with E-state index >= 15 is 0 Å². The van der Waals surface area contributed by atoms with Gasteiger partial charge in [0.1, 0.15) is 22.9 Å². The zero-order chi connectivity index (χ0) is 24.0. The number of nitrogens with one attached hydrogen (secondary N) is 1. The van der Waals surface area contributed by atoms with Gasteiger partial charge in [-0.05, 0) is 48.7 Å². The van der Waals surface area contributed by atoms with Crippen LogP contribution in [-0.2, 0) is 9.84 Å². The summed E-state index contributed by atoms with van der Waals surface area (Å²) in [6.45, 7) is 2.62. The molecule has 0 radical (unpaired) electrons. The highest BCUT2D eigenvalue weighted by molar-refractivity contribution is 7.91. The van der Waals surface area contributed by atoms with Gasteiger partial charge in [0.15, 0.2) is 9.84 Å². The van der Waals surface area contributed by atoms with Crippen LogP contribution in [0.2, 0.25) is 5.02 Å². The van der Waals surface area contributed by atoms with Crippen LogP contribution in [0.4, 0.5) is 0 Å². The lowest BCUT2D eigenvalue weighted by Gasteiger charge is -2.31. The summed E-state index contributed by atoms with van der Waals surface area (Å²) in [6.07, 6.45) is 1.26. The number of carbonyl (C=O) groups excluding carboxylic acids is 1. The molecule has 3 aromatic rings. The number of sulfone groups is 1. The summed E-state index contributed by atoms with van der Waals surface area (Å²) in [4.78, 5) is 15.2. The zero-order valence-corrected chi connectivity index (χ0v) is 20.1. The van der Waals surface area contributed by atoms with Crippen molar-refractivity contribution < 1.29 is 23.1 Å². The molecule has 2 aliphatic heterocycles. The Hall–Kier alpha value is -3.04. The van der Waals surface area contributed by atoms with Crippen molar-refractivity contribution in [3.05, 3.63) is 64.3 Å². The molecule has 178 valence electrons. The van der Waals surface area contributed by atoms with E-state index in [0.29, 0.717) is 40.6 Å². The van der Waals surface area contributed by atoms with E-state index in [-0.39, 0.29) is 28.9 Å². The van der Waals surface area contributed by atoms with Crippen LogP contribution in [0.3, 0.4) is 0 Å². The maximum atomic E-state index is 13.5. The number of aromatic hydroxyl groups is 1. The normalized spacial score (nSPS) is 21.1. The number of benzene rings is 2. The van der Waals surface area contributed by atoms with Crippen LogP contribution in [0.5, 0.6) is 11.5 Å².